The molecule has 0 aromatic heterocycles. The topological polar surface area (TPSA) is 79.3 Å². The molecule has 0 radical (unpaired) electrons. The third kappa shape index (κ3) is 3.27. The molecule has 36 heavy (non-hydrogen) atoms. The molecule has 9 heteroatoms. The lowest BCUT2D eigenvalue weighted by atomic mass is 9.83. The van der Waals surface area contributed by atoms with Crippen molar-refractivity contribution >= 4 is 52.7 Å². The summed E-state index contributed by atoms with van der Waals surface area (Å²) in [5, 5.41) is 6.76. The van der Waals surface area contributed by atoms with E-state index < -0.39 is 35.7 Å². The van der Waals surface area contributed by atoms with Gasteiger partial charge in [-0.15, -0.1) is 0 Å². The van der Waals surface area contributed by atoms with Crippen molar-refractivity contribution in [3.8, 4) is 5.75 Å². The highest BCUT2D eigenvalue weighted by atomic mass is 35.5. The number of carbonyl (C=O) groups excluding carboxylic acids is 3. The Hall–Kier alpha value is -3.68. The molecule has 7 nitrogen and oxygen atoms in total. The van der Waals surface area contributed by atoms with Crippen LogP contribution in [0.2, 0.25) is 10.0 Å². The fraction of sp³-hybridized carbons (Fsp3) is 0.185. The zero-order valence-corrected chi connectivity index (χ0v) is 20.5. The van der Waals surface area contributed by atoms with Gasteiger partial charge in [0, 0.05) is 10.6 Å². The molecule has 180 valence electrons. The minimum atomic E-state index is -0.967. The van der Waals surface area contributed by atoms with Crippen LogP contribution in [0, 0.1) is 11.8 Å². The molecule has 0 unspecified atom stereocenters. The third-order valence-corrected chi connectivity index (χ3v) is 7.62. The van der Waals surface area contributed by atoms with E-state index in [0.717, 1.165) is 16.0 Å². The summed E-state index contributed by atoms with van der Waals surface area (Å²) in [7, 11) is 1.54. The van der Waals surface area contributed by atoms with Crippen LogP contribution in [0.15, 0.2) is 71.8 Å². The first-order valence-corrected chi connectivity index (χ1v) is 12.1. The number of benzene rings is 3. The van der Waals surface area contributed by atoms with Crippen molar-refractivity contribution in [2.75, 3.05) is 12.0 Å². The summed E-state index contributed by atoms with van der Waals surface area (Å²) >= 11 is 12.4. The van der Waals surface area contributed by atoms with Crippen LogP contribution in [0.25, 0.3) is 0 Å². The summed E-state index contributed by atoms with van der Waals surface area (Å²) in [5.74, 6) is -2.34. The largest absolute Gasteiger partial charge is 0.497 e. The Balaban J connectivity index is 1.49. The van der Waals surface area contributed by atoms with Gasteiger partial charge in [-0.2, -0.15) is 5.10 Å². The van der Waals surface area contributed by atoms with Crippen molar-refractivity contribution in [1.82, 2.24) is 5.01 Å². The van der Waals surface area contributed by atoms with Gasteiger partial charge in [0.1, 0.15) is 11.8 Å². The third-order valence-electron chi connectivity index (χ3n) is 7.09. The lowest BCUT2D eigenvalue weighted by molar-refractivity contribution is -0.124. The number of hydrazone groups is 1. The number of ketones is 1. The number of halogens is 2. The molecule has 4 atom stereocenters. The summed E-state index contributed by atoms with van der Waals surface area (Å²) in [6.45, 7) is 0. The summed E-state index contributed by atoms with van der Waals surface area (Å²) in [5.41, 5.74) is 2.34. The van der Waals surface area contributed by atoms with Gasteiger partial charge in [0.2, 0.25) is 11.8 Å². The molecule has 3 aliphatic rings. The van der Waals surface area contributed by atoms with Crippen LogP contribution in [0.5, 0.6) is 5.75 Å². The van der Waals surface area contributed by atoms with Gasteiger partial charge in [0.05, 0.1) is 41.9 Å². The first-order chi connectivity index (χ1) is 17.4. The number of amides is 2. The van der Waals surface area contributed by atoms with Crippen LogP contribution in [-0.2, 0) is 9.59 Å². The number of methoxy groups -OCH3 is 1. The molecular formula is C27H19Cl2N3O4. The quantitative estimate of drug-likeness (QED) is 0.366. The maximum absolute atomic E-state index is 13.9. The Labute approximate surface area is 216 Å². The summed E-state index contributed by atoms with van der Waals surface area (Å²) in [6, 6.07) is 17.3. The van der Waals surface area contributed by atoms with Crippen LogP contribution in [0.4, 0.5) is 5.69 Å². The number of hydrogen-bond donors (Lipinski definition) is 0. The number of imide groups is 1. The smallest absolute Gasteiger partial charge is 0.240 e. The van der Waals surface area contributed by atoms with Gasteiger partial charge < -0.3 is 4.74 Å². The fourth-order valence-electron chi connectivity index (χ4n) is 5.49. The number of carbonyl (C=O) groups is 3. The number of fused-ring (bicyclic) bond motifs is 5. The number of nitrogens with zero attached hydrogens (tertiary/aromatic N) is 3. The standard InChI is InChI=1S/C27H19Cl2N3O4/c1-36-17-9-6-14(7-10-17)25(33)24-22-21(23-18-5-3-2-4-15(18)13-30-32(23)24)26(34)31(27(22)35)20-11-8-16(28)12-19(20)29/h2-13,21-24H,1H3/t21-,22+,23+,24-/m1/s1. The Morgan fingerprint density at radius 2 is 1.67 bits per heavy atom. The van der Waals surface area contributed by atoms with Crippen LogP contribution in [0.3, 0.4) is 0 Å². The molecule has 3 aromatic carbocycles. The number of anilines is 1. The Morgan fingerprint density at radius 3 is 2.39 bits per heavy atom. The molecule has 6 rings (SSSR count). The molecule has 3 aliphatic heterocycles. The maximum Gasteiger partial charge on any atom is 0.240 e. The zero-order chi connectivity index (χ0) is 25.1. The predicted octanol–water partition coefficient (Wildman–Crippen LogP) is 4.76. The second kappa shape index (κ2) is 8.47. The van der Waals surface area contributed by atoms with Gasteiger partial charge in [-0.05, 0) is 53.6 Å². The number of hydrogen-bond acceptors (Lipinski definition) is 6. The second-order valence-electron chi connectivity index (χ2n) is 8.90. The van der Waals surface area contributed by atoms with E-state index in [-0.39, 0.29) is 16.5 Å². The van der Waals surface area contributed by atoms with Gasteiger partial charge in [-0.25, -0.2) is 4.90 Å². The average Bonchev–Trinajstić information content (AvgIpc) is 3.36. The molecule has 0 aliphatic carbocycles. The van der Waals surface area contributed by atoms with E-state index in [2.05, 4.69) is 5.10 Å². The van der Waals surface area contributed by atoms with E-state index in [9.17, 15) is 14.4 Å². The van der Waals surface area contributed by atoms with E-state index in [4.69, 9.17) is 27.9 Å². The minimum absolute atomic E-state index is 0.182. The van der Waals surface area contributed by atoms with Gasteiger partial charge in [0.15, 0.2) is 5.78 Å². The predicted molar refractivity (Wildman–Crippen MR) is 136 cm³/mol. The lowest BCUT2D eigenvalue weighted by Gasteiger charge is -2.33. The first kappa shape index (κ1) is 22.8. The van der Waals surface area contributed by atoms with Crippen molar-refractivity contribution in [3.05, 3.63) is 93.5 Å². The zero-order valence-electron chi connectivity index (χ0n) is 19.0. The van der Waals surface area contributed by atoms with E-state index in [1.165, 1.54) is 6.07 Å². The average molecular weight is 520 g/mol. The van der Waals surface area contributed by atoms with Crippen molar-refractivity contribution in [2.24, 2.45) is 16.9 Å². The highest BCUT2D eigenvalue weighted by Gasteiger charge is 2.65. The van der Waals surface area contributed by atoms with E-state index in [1.54, 1.807) is 54.7 Å². The van der Waals surface area contributed by atoms with Crippen molar-refractivity contribution in [3.63, 3.8) is 0 Å². The van der Waals surface area contributed by atoms with Crippen LogP contribution >= 0.6 is 23.2 Å². The fourth-order valence-corrected chi connectivity index (χ4v) is 5.99. The molecule has 2 fully saturated rings. The molecule has 0 saturated carbocycles. The van der Waals surface area contributed by atoms with Gasteiger partial charge in [-0.1, -0.05) is 47.5 Å². The van der Waals surface area contributed by atoms with E-state index in [0.29, 0.717) is 16.3 Å². The molecule has 0 spiro atoms. The molecule has 2 saturated heterocycles. The maximum atomic E-state index is 13.9. The molecular weight excluding hydrogens is 501 g/mol. The van der Waals surface area contributed by atoms with Crippen molar-refractivity contribution < 1.29 is 19.1 Å². The molecule has 2 amide bonds. The van der Waals surface area contributed by atoms with Crippen LogP contribution in [0.1, 0.15) is 27.5 Å². The Kier molecular flexibility index (Phi) is 5.35. The molecule has 0 bridgehead atoms. The summed E-state index contributed by atoms with van der Waals surface area (Å²) in [6.07, 6.45) is 1.67. The molecule has 3 heterocycles. The van der Waals surface area contributed by atoms with Gasteiger partial charge in [0.25, 0.3) is 0 Å². The SMILES string of the molecule is COc1ccc(C(=O)[C@H]2[C@H]3C(=O)N(c4ccc(Cl)cc4Cl)C(=O)[C@H]3[C@@H]3c4ccccc4C=NN23)cc1. The Bertz CT molecular complexity index is 1460. The van der Waals surface area contributed by atoms with Crippen LogP contribution in [-0.4, -0.2) is 42.0 Å². The first-order valence-electron chi connectivity index (χ1n) is 11.3. The Morgan fingerprint density at radius 1 is 0.944 bits per heavy atom. The highest BCUT2D eigenvalue weighted by Crippen LogP contribution is 2.53. The molecule has 0 N–H and O–H groups in total. The number of rotatable bonds is 4. The molecule has 3 aromatic rings. The number of ether oxygens (including phenoxy) is 1. The monoisotopic (exact) mass is 519 g/mol. The number of Topliss-reactive ketones (excluding diaryl/α,β-unsaturated/α-hetero) is 1. The van der Waals surface area contributed by atoms with Gasteiger partial charge >= 0.3 is 0 Å². The van der Waals surface area contributed by atoms with Crippen molar-refractivity contribution in [1.29, 1.82) is 0 Å². The second-order valence-corrected chi connectivity index (χ2v) is 9.74. The minimum Gasteiger partial charge on any atom is -0.497 e. The summed E-state index contributed by atoms with van der Waals surface area (Å²) in [4.78, 5) is 42.8. The van der Waals surface area contributed by atoms with Gasteiger partial charge in [-0.3, -0.25) is 19.4 Å². The normalized spacial score (nSPS) is 24.0. The van der Waals surface area contributed by atoms with Crippen LogP contribution < -0.4 is 9.64 Å². The lowest BCUT2D eigenvalue weighted by Crippen LogP contribution is -2.44. The van der Waals surface area contributed by atoms with Crippen molar-refractivity contribution in [2.45, 2.75) is 12.1 Å². The highest BCUT2D eigenvalue weighted by molar-refractivity contribution is 6.38. The van der Waals surface area contributed by atoms with E-state index >= 15 is 0 Å². The van der Waals surface area contributed by atoms with E-state index in [1.807, 2.05) is 24.3 Å². The summed E-state index contributed by atoms with van der Waals surface area (Å²) < 4.78 is 5.21.